The Morgan fingerprint density at radius 1 is 1.44 bits per heavy atom. The Hall–Kier alpha value is -1.91. The summed E-state index contributed by atoms with van der Waals surface area (Å²) in [5.74, 6) is -2.46. The minimum Gasteiger partial charge on any atom is -0.480 e. The van der Waals surface area contributed by atoms with Gasteiger partial charge in [0.1, 0.15) is 11.9 Å². The molecule has 1 rings (SSSR count). The van der Waals surface area contributed by atoms with Crippen molar-refractivity contribution >= 4 is 11.9 Å². The van der Waals surface area contributed by atoms with Gasteiger partial charge in [-0.3, -0.25) is 4.79 Å². The van der Waals surface area contributed by atoms with E-state index in [1.165, 1.54) is 12.1 Å². The standard InChI is InChI=1S/C13H16FNO3/c1-3-4-11(13(17)18)15-12(16)9-6-5-8(2)7-10(9)14/h5-7,11H,3-4H2,1-2H3,(H,15,16)(H,17,18)/t11-/m0/s1. The van der Waals surface area contributed by atoms with Gasteiger partial charge in [0.2, 0.25) is 0 Å². The number of carboxylic acid groups (broad SMARTS) is 1. The predicted octanol–water partition coefficient (Wildman–Crippen LogP) is 2.12. The number of carbonyl (C=O) groups excluding carboxylic acids is 1. The number of aliphatic carboxylic acids is 1. The maximum absolute atomic E-state index is 13.5. The average molecular weight is 253 g/mol. The molecule has 0 aliphatic heterocycles. The average Bonchev–Trinajstić information content (AvgIpc) is 2.27. The normalized spacial score (nSPS) is 11.9. The maximum Gasteiger partial charge on any atom is 0.326 e. The van der Waals surface area contributed by atoms with Crippen LogP contribution in [-0.2, 0) is 4.79 Å². The van der Waals surface area contributed by atoms with E-state index in [0.29, 0.717) is 18.4 Å². The van der Waals surface area contributed by atoms with Gasteiger partial charge in [-0.05, 0) is 31.0 Å². The van der Waals surface area contributed by atoms with E-state index >= 15 is 0 Å². The summed E-state index contributed by atoms with van der Waals surface area (Å²) in [4.78, 5) is 22.6. The molecule has 0 heterocycles. The van der Waals surface area contributed by atoms with Gasteiger partial charge in [0.15, 0.2) is 0 Å². The molecule has 0 fully saturated rings. The molecule has 0 saturated carbocycles. The van der Waals surface area contributed by atoms with E-state index in [1.807, 2.05) is 6.92 Å². The minimum atomic E-state index is -1.11. The molecule has 0 aliphatic rings. The fourth-order valence-electron chi connectivity index (χ4n) is 1.59. The first kappa shape index (κ1) is 14.2. The zero-order valence-electron chi connectivity index (χ0n) is 10.4. The van der Waals surface area contributed by atoms with Crippen LogP contribution in [0.3, 0.4) is 0 Å². The van der Waals surface area contributed by atoms with Crippen LogP contribution in [0.5, 0.6) is 0 Å². The number of nitrogens with one attached hydrogen (secondary N) is 1. The molecule has 0 radical (unpaired) electrons. The molecule has 0 spiro atoms. The number of carboxylic acids is 1. The van der Waals surface area contributed by atoms with Crippen LogP contribution in [0.15, 0.2) is 18.2 Å². The van der Waals surface area contributed by atoms with Crippen molar-refractivity contribution in [3.8, 4) is 0 Å². The topological polar surface area (TPSA) is 66.4 Å². The van der Waals surface area contributed by atoms with Crippen molar-refractivity contribution in [3.63, 3.8) is 0 Å². The number of amides is 1. The van der Waals surface area contributed by atoms with E-state index < -0.39 is 23.7 Å². The molecule has 4 nitrogen and oxygen atoms in total. The quantitative estimate of drug-likeness (QED) is 0.844. The van der Waals surface area contributed by atoms with Gasteiger partial charge in [-0.2, -0.15) is 0 Å². The second kappa shape index (κ2) is 6.14. The van der Waals surface area contributed by atoms with Gasteiger partial charge in [0.25, 0.3) is 5.91 Å². The summed E-state index contributed by atoms with van der Waals surface area (Å²) in [5, 5.41) is 11.2. The Morgan fingerprint density at radius 2 is 2.11 bits per heavy atom. The van der Waals surface area contributed by atoms with E-state index in [1.54, 1.807) is 13.0 Å². The van der Waals surface area contributed by atoms with Gasteiger partial charge >= 0.3 is 5.97 Å². The third-order valence-corrected chi connectivity index (χ3v) is 2.55. The van der Waals surface area contributed by atoms with Gasteiger partial charge in [-0.1, -0.05) is 19.4 Å². The molecule has 0 aliphatic carbocycles. The highest BCUT2D eigenvalue weighted by Gasteiger charge is 2.21. The highest BCUT2D eigenvalue weighted by Crippen LogP contribution is 2.10. The molecule has 1 aromatic carbocycles. The van der Waals surface area contributed by atoms with E-state index in [9.17, 15) is 14.0 Å². The van der Waals surface area contributed by atoms with Crippen LogP contribution in [0.4, 0.5) is 4.39 Å². The first-order valence-electron chi connectivity index (χ1n) is 5.75. The summed E-state index contributed by atoms with van der Waals surface area (Å²) in [7, 11) is 0. The lowest BCUT2D eigenvalue weighted by molar-refractivity contribution is -0.139. The Labute approximate surface area is 105 Å². The number of rotatable bonds is 5. The number of hydrogen-bond acceptors (Lipinski definition) is 2. The summed E-state index contributed by atoms with van der Waals surface area (Å²) in [6.07, 6.45) is 0.933. The van der Waals surface area contributed by atoms with Crippen molar-refractivity contribution in [2.24, 2.45) is 0 Å². The Morgan fingerprint density at radius 3 is 2.61 bits per heavy atom. The van der Waals surface area contributed by atoms with E-state index in [-0.39, 0.29) is 5.56 Å². The zero-order valence-corrected chi connectivity index (χ0v) is 10.4. The lowest BCUT2D eigenvalue weighted by Crippen LogP contribution is -2.40. The third kappa shape index (κ3) is 3.55. The summed E-state index contributed by atoms with van der Waals surface area (Å²) in [5.41, 5.74) is 0.565. The van der Waals surface area contributed by atoms with Gasteiger partial charge in [-0.25, -0.2) is 9.18 Å². The van der Waals surface area contributed by atoms with Gasteiger partial charge < -0.3 is 10.4 Å². The third-order valence-electron chi connectivity index (χ3n) is 2.55. The first-order valence-corrected chi connectivity index (χ1v) is 5.75. The van der Waals surface area contributed by atoms with Crippen molar-refractivity contribution < 1.29 is 19.1 Å². The van der Waals surface area contributed by atoms with Crippen molar-refractivity contribution in [2.45, 2.75) is 32.7 Å². The first-order chi connectivity index (χ1) is 8.45. The number of halogens is 1. The molecule has 0 saturated heterocycles. The summed E-state index contributed by atoms with van der Waals surface area (Å²) >= 11 is 0. The predicted molar refractivity (Wildman–Crippen MR) is 64.9 cm³/mol. The second-order valence-electron chi connectivity index (χ2n) is 4.14. The molecule has 0 aromatic heterocycles. The monoisotopic (exact) mass is 253 g/mol. The Balaban J connectivity index is 2.83. The van der Waals surface area contributed by atoms with Crippen LogP contribution < -0.4 is 5.32 Å². The highest BCUT2D eigenvalue weighted by molar-refractivity contribution is 5.96. The zero-order chi connectivity index (χ0) is 13.7. The number of hydrogen-bond donors (Lipinski definition) is 2. The maximum atomic E-state index is 13.5. The molecule has 18 heavy (non-hydrogen) atoms. The lowest BCUT2D eigenvalue weighted by atomic mass is 10.1. The Kier molecular flexibility index (Phi) is 4.83. The van der Waals surface area contributed by atoms with Crippen LogP contribution in [0, 0.1) is 12.7 Å². The van der Waals surface area contributed by atoms with E-state index in [0.717, 1.165) is 0 Å². The van der Waals surface area contributed by atoms with Crippen LogP contribution in [0.25, 0.3) is 0 Å². The summed E-state index contributed by atoms with van der Waals surface area (Å²) in [6.45, 7) is 3.52. The molecule has 1 amide bonds. The number of benzene rings is 1. The molecule has 1 aromatic rings. The van der Waals surface area contributed by atoms with Crippen LogP contribution in [0.1, 0.15) is 35.7 Å². The van der Waals surface area contributed by atoms with Gasteiger partial charge in [0, 0.05) is 0 Å². The van der Waals surface area contributed by atoms with Crippen LogP contribution in [-0.4, -0.2) is 23.0 Å². The van der Waals surface area contributed by atoms with E-state index in [2.05, 4.69) is 5.32 Å². The van der Waals surface area contributed by atoms with Gasteiger partial charge in [0.05, 0.1) is 5.56 Å². The molecule has 1 atom stereocenters. The largest absolute Gasteiger partial charge is 0.480 e. The molecule has 0 unspecified atom stereocenters. The van der Waals surface area contributed by atoms with Gasteiger partial charge in [-0.15, -0.1) is 0 Å². The minimum absolute atomic E-state index is 0.136. The fourth-order valence-corrected chi connectivity index (χ4v) is 1.59. The lowest BCUT2D eigenvalue weighted by Gasteiger charge is -2.13. The van der Waals surface area contributed by atoms with Crippen molar-refractivity contribution in [1.29, 1.82) is 0 Å². The highest BCUT2D eigenvalue weighted by atomic mass is 19.1. The molecule has 5 heteroatoms. The molecule has 0 bridgehead atoms. The SMILES string of the molecule is CCC[C@H](NC(=O)c1ccc(C)cc1F)C(=O)O. The van der Waals surface area contributed by atoms with Crippen molar-refractivity contribution in [1.82, 2.24) is 5.32 Å². The molecular weight excluding hydrogens is 237 g/mol. The molecule has 98 valence electrons. The van der Waals surface area contributed by atoms with E-state index in [4.69, 9.17) is 5.11 Å². The van der Waals surface area contributed by atoms with Crippen LogP contribution in [0.2, 0.25) is 0 Å². The second-order valence-corrected chi connectivity index (χ2v) is 4.14. The molecular formula is C13H16FNO3. The summed E-state index contributed by atoms with van der Waals surface area (Å²) < 4.78 is 13.5. The smallest absolute Gasteiger partial charge is 0.326 e. The van der Waals surface area contributed by atoms with Crippen molar-refractivity contribution in [3.05, 3.63) is 35.1 Å². The Bertz CT molecular complexity index is 460. The summed E-state index contributed by atoms with van der Waals surface area (Å²) in [6, 6.07) is 3.21. The number of carbonyl (C=O) groups is 2. The van der Waals surface area contributed by atoms with Crippen molar-refractivity contribution in [2.75, 3.05) is 0 Å². The number of aryl methyl sites for hydroxylation is 1. The fraction of sp³-hybridized carbons (Fsp3) is 0.385. The van der Waals surface area contributed by atoms with Crippen LogP contribution >= 0.6 is 0 Å². The molecule has 2 N–H and O–H groups in total.